The van der Waals surface area contributed by atoms with Crippen molar-refractivity contribution in [2.75, 3.05) is 37.9 Å². The number of carbonyl (C=O) groups excluding carboxylic acids is 2. The van der Waals surface area contributed by atoms with Crippen LogP contribution in [0, 0.1) is 5.92 Å². The second-order valence-electron chi connectivity index (χ2n) is 11.0. The molecule has 0 aliphatic rings. The third kappa shape index (κ3) is 10.2. The highest BCUT2D eigenvalue weighted by atomic mass is 35.5. The van der Waals surface area contributed by atoms with Gasteiger partial charge in [0.1, 0.15) is 17.5 Å². The average Bonchev–Trinajstić information content (AvgIpc) is 2.99. The van der Waals surface area contributed by atoms with Gasteiger partial charge < -0.3 is 19.7 Å². The first-order valence-electron chi connectivity index (χ1n) is 14.5. The molecule has 238 valence electrons. The van der Waals surface area contributed by atoms with Gasteiger partial charge in [-0.25, -0.2) is 8.42 Å². The molecule has 0 aliphatic heterocycles. The number of carbonyl (C=O) groups is 2. The number of hydrogen-bond donors (Lipinski definition) is 1. The maximum atomic E-state index is 14.0. The summed E-state index contributed by atoms with van der Waals surface area (Å²) in [6.45, 7) is 4.71. The summed E-state index contributed by atoms with van der Waals surface area (Å²) in [5, 5.41) is 3.28. The quantitative estimate of drug-likeness (QED) is 0.227. The van der Waals surface area contributed by atoms with Gasteiger partial charge in [0.25, 0.3) is 0 Å². The molecule has 2 amide bonds. The van der Waals surface area contributed by atoms with E-state index in [1.54, 1.807) is 24.1 Å². The number of rotatable bonds is 16. The van der Waals surface area contributed by atoms with E-state index in [1.165, 1.54) is 17.5 Å². The van der Waals surface area contributed by atoms with Crippen LogP contribution < -0.4 is 19.1 Å². The number of benzene rings is 3. The smallest absolute Gasteiger partial charge is 0.243 e. The van der Waals surface area contributed by atoms with Crippen LogP contribution in [0.4, 0.5) is 5.69 Å². The first-order valence-corrected chi connectivity index (χ1v) is 16.7. The predicted octanol–water partition coefficient (Wildman–Crippen LogP) is 5.32. The largest absolute Gasteiger partial charge is 0.497 e. The van der Waals surface area contributed by atoms with Crippen molar-refractivity contribution < 1.29 is 27.5 Å². The van der Waals surface area contributed by atoms with E-state index in [0.717, 1.165) is 17.4 Å². The van der Waals surface area contributed by atoms with E-state index in [-0.39, 0.29) is 48.7 Å². The summed E-state index contributed by atoms with van der Waals surface area (Å²) < 4.78 is 37.3. The Balaban J connectivity index is 1.90. The summed E-state index contributed by atoms with van der Waals surface area (Å²) in [6, 6.07) is 20.9. The van der Waals surface area contributed by atoms with Crippen molar-refractivity contribution in [3.05, 3.63) is 88.9 Å². The van der Waals surface area contributed by atoms with E-state index in [0.29, 0.717) is 30.2 Å². The molecule has 3 aromatic rings. The molecule has 1 N–H and O–H groups in total. The first kappa shape index (κ1) is 34.7. The Kier molecular flexibility index (Phi) is 12.9. The van der Waals surface area contributed by atoms with E-state index in [1.807, 2.05) is 68.4 Å². The molecule has 1 atom stereocenters. The standard InChI is InChI=1S/C33H42ClN3O6S/c1-24(2)22-35-33(39)30(20-25-11-7-6-8-12-25)36(23-26-13-9-14-28(19-26)42-3)32(38)15-10-18-37(44(5,40)41)27-16-17-31(43-4)29(34)21-27/h6-9,11-14,16-17,19,21,24,30H,10,15,18,20,22-23H2,1-5H3,(H,35,39)/t30-/m1/s1. The molecule has 0 aromatic heterocycles. The van der Waals surface area contributed by atoms with Crippen LogP contribution in [0.2, 0.25) is 5.02 Å². The Morgan fingerprint density at radius 2 is 1.64 bits per heavy atom. The highest BCUT2D eigenvalue weighted by Gasteiger charge is 2.31. The number of amides is 2. The van der Waals surface area contributed by atoms with Crippen LogP contribution in [0.1, 0.15) is 37.8 Å². The van der Waals surface area contributed by atoms with Gasteiger partial charge in [-0.15, -0.1) is 0 Å². The Hall–Kier alpha value is -3.76. The molecular formula is C33H42ClN3O6S. The summed E-state index contributed by atoms with van der Waals surface area (Å²) in [6.07, 6.45) is 1.66. The number of hydrogen-bond acceptors (Lipinski definition) is 6. The fourth-order valence-electron chi connectivity index (χ4n) is 4.76. The van der Waals surface area contributed by atoms with Gasteiger partial charge in [-0.3, -0.25) is 13.9 Å². The second-order valence-corrected chi connectivity index (χ2v) is 13.3. The van der Waals surface area contributed by atoms with Crippen LogP contribution in [-0.4, -0.2) is 64.7 Å². The number of sulfonamides is 1. The van der Waals surface area contributed by atoms with Crippen molar-refractivity contribution in [3.8, 4) is 11.5 Å². The molecule has 0 saturated heterocycles. The lowest BCUT2D eigenvalue weighted by Crippen LogP contribution is -2.51. The Labute approximate surface area is 266 Å². The number of halogens is 1. The van der Waals surface area contributed by atoms with Crippen LogP contribution in [0.25, 0.3) is 0 Å². The van der Waals surface area contributed by atoms with E-state index >= 15 is 0 Å². The number of nitrogens with one attached hydrogen (secondary N) is 1. The van der Waals surface area contributed by atoms with Gasteiger partial charge in [0.05, 0.1) is 31.2 Å². The summed E-state index contributed by atoms with van der Waals surface area (Å²) in [4.78, 5) is 29.2. The fourth-order valence-corrected chi connectivity index (χ4v) is 5.97. The summed E-state index contributed by atoms with van der Waals surface area (Å²) in [7, 11) is -0.633. The van der Waals surface area contributed by atoms with E-state index in [9.17, 15) is 18.0 Å². The molecule has 9 nitrogen and oxygen atoms in total. The van der Waals surface area contributed by atoms with Crippen LogP contribution >= 0.6 is 11.6 Å². The van der Waals surface area contributed by atoms with Crippen molar-refractivity contribution >= 4 is 39.1 Å². The van der Waals surface area contributed by atoms with Gasteiger partial charge in [0.2, 0.25) is 21.8 Å². The number of ether oxygens (including phenoxy) is 2. The molecule has 0 aliphatic carbocycles. The van der Waals surface area contributed by atoms with E-state index in [2.05, 4.69) is 5.32 Å². The molecule has 44 heavy (non-hydrogen) atoms. The molecule has 0 heterocycles. The van der Waals surface area contributed by atoms with Gasteiger partial charge in [-0.1, -0.05) is 67.9 Å². The molecule has 0 unspecified atom stereocenters. The zero-order chi connectivity index (χ0) is 32.3. The number of nitrogens with zero attached hydrogens (tertiary/aromatic N) is 2. The molecule has 11 heteroatoms. The molecule has 0 fully saturated rings. The van der Waals surface area contributed by atoms with Crippen molar-refractivity contribution in [2.45, 2.75) is 45.7 Å². The SMILES string of the molecule is COc1cccc(CN(C(=O)CCCN(c2ccc(OC)c(Cl)c2)S(C)(=O)=O)[C@H](Cc2ccccc2)C(=O)NCC(C)C)c1. The third-order valence-corrected chi connectivity index (χ3v) is 8.51. The summed E-state index contributed by atoms with van der Waals surface area (Å²) >= 11 is 6.27. The minimum absolute atomic E-state index is 0.0165. The minimum Gasteiger partial charge on any atom is -0.497 e. The first-order chi connectivity index (χ1) is 20.9. The Morgan fingerprint density at radius 3 is 2.25 bits per heavy atom. The predicted molar refractivity (Wildman–Crippen MR) is 175 cm³/mol. The lowest BCUT2D eigenvalue weighted by atomic mass is 10.0. The van der Waals surface area contributed by atoms with E-state index < -0.39 is 16.1 Å². The Morgan fingerprint density at radius 1 is 0.932 bits per heavy atom. The fraction of sp³-hybridized carbons (Fsp3) is 0.394. The minimum atomic E-state index is -3.68. The van der Waals surface area contributed by atoms with Crippen LogP contribution in [0.15, 0.2) is 72.8 Å². The lowest BCUT2D eigenvalue weighted by molar-refractivity contribution is -0.141. The van der Waals surface area contributed by atoms with Crippen LogP contribution in [0.5, 0.6) is 11.5 Å². The van der Waals surface area contributed by atoms with Gasteiger partial charge in [-0.2, -0.15) is 0 Å². The van der Waals surface area contributed by atoms with Gasteiger partial charge in [0, 0.05) is 32.5 Å². The van der Waals surface area contributed by atoms with Crippen molar-refractivity contribution in [1.82, 2.24) is 10.2 Å². The van der Waals surface area contributed by atoms with Crippen molar-refractivity contribution in [3.63, 3.8) is 0 Å². The molecule has 3 rings (SSSR count). The maximum Gasteiger partial charge on any atom is 0.243 e. The van der Waals surface area contributed by atoms with Crippen molar-refractivity contribution in [1.29, 1.82) is 0 Å². The molecule has 0 radical (unpaired) electrons. The maximum absolute atomic E-state index is 14.0. The summed E-state index contributed by atoms with van der Waals surface area (Å²) in [5.74, 6) is 0.777. The molecule has 0 bridgehead atoms. The molecule has 0 saturated carbocycles. The van der Waals surface area contributed by atoms with Crippen LogP contribution in [0.3, 0.4) is 0 Å². The normalized spacial score (nSPS) is 12.0. The third-order valence-electron chi connectivity index (χ3n) is 7.02. The highest BCUT2D eigenvalue weighted by Crippen LogP contribution is 2.30. The zero-order valence-corrected chi connectivity index (χ0v) is 27.5. The van der Waals surface area contributed by atoms with Gasteiger partial charge >= 0.3 is 0 Å². The van der Waals surface area contributed by atoms with Crippen molar-refractivity contribution in [2.24, 2.45) is 5.92 Å². The second kappa shape index (κ2) is 16.4. The zero-order valence-electron chi connectivity index (χ0n) is 26.0. The summed E-state index contributed by atoms with van der Waals surface area (Å²) in [5.41, 5.74) is 2.09. The molecule has 3 aromatic carbocycles. The van der Waals surface area contributed by atoms with Crippen LogP contribution in [-0.2, 0) is 32.6 Å². The average molecular weight is 644 g/mol. The van der Waals surface area contributed by atoms with Gasteiger partial charge in [0.15, 0.2) is 0 Å². The molecule has 0 spiro atoms. The molecular weight excluding hydrogens is 602 g/mol. The Bertz CT molecular complexity index is 1500. The lowest BCUT2D eigenvalue weighted by Gasteiger charge is -2.32. The van der Waals surface area contributed by atoms with Gasteiger partial charge in [-0.05, 0) is 53.8 Å². The topological polar surface area (TPSA) is 105 Å². The monoisotopic (exact) mass is 643 g/mol. The highest BCUT2D eigenvalue weighted by molar-refractivity contribution is 7.92. The number of anilines is 1. The van der Waals surface area contributed by atoms with E-state index in [4.69, 9.17) is 21.1 Å². The number of methoxy groups -OCH3 is 2.